The van der Waals surface area contributed by atoms with Crippen LogP contribution in [0.3, 0.4) is 0 Å². The van der Waals surface area contributed by atoms with E-state index in [4.69, 9.17) is 0 Å². The van der Waals surface area contributed by atoms with E-state index in [2.05, 4.69) is 16.1 Å². The topological polar surface area (TPSA) is 72.5 Å². The fourth-order valence-electron chi connectivity index (χ4n) is 1.54. The fourth-order valence-corrected chi connectivity index (χ4v) is 1.93. The Morgan fingerprint density at radius 2 is 2.00 bits per heavy atom. The second-order valence-electron chi connectivity index (χ2n) is 4.11. The zero-order chi connectivity index (χ0) is 14.5. The van der Waals surface area contributed by atoms with Crippen LogP contribution < -0.4 is 5.32 Å². The summed E-state index contributed by atoms with van der Waals surface area (Å²) in [7, 11) is -3.44. The summed E-state index contributed by atoms with van der Waals surface area (Å²) in [5, 5.41) is 2.70. The molecule has 0 bridgehead atoms. The molecule has 0 aliphatic heterocycles. The van der Waals surface area contributed by atoms with Crippen LogP contribution in [0.1, 0.15) is 18.9 Å². The summed E-state index contributed by atoms with van der Waals surface area (Å²) in [5.41, 5.74) is 2.13. The van der Waals surface area contributed by atoms with Crippen molar-refractivity contribution in [2.75, 3.05) is 18.2 Å². The van der Waals surface area contributed by atoms with Crippen molar-refractivity contribution in [3.63, 3.8) is 0 Å². The first-order valence-corrected chi connectivity index (χ1v) is 7.50. The van der Waals surface area contributed by atoms with Gasteiger partial charge in [-0.2, -0.15) is 8.42 Å². The zero-order valence-electron chi connectivity index (χ0n) is 11.0. The van der Waals surface area contributed by atoms with E-state index in [0.29, 0.717) is 17.7 Å². The lowest BCUT2D eigenvalue weighted by atomic mass is 10.0. The van der Waals surface area contributed by atoms with Crippen molar-refractivity contribution in [1.82, 2.24) is 0 Å². The Balaban J connectivity index is 2.74. The number of carbonyl (C=O) groups is 1. The number of carbonyl (C=O) groups excluding carboxylic acids is 1. The van der Waals surface area contributed by atoms with E-state index >= 15 is 0 Å². The molecule has 104 valence electrons. The second-order valence-corrected chi connectivity index (χ2v) is 5.75. The molecule has 19 heavy (non-hydrogen) atoms. The highest BCUT2D eigenvalue weighted by molar-refractivity contribution is 7.85. The minimum absolute atomic E-state index is 0.0338. The standard InChI is InChI=1S/C13H17NO4S/c1-10(8-9-18-19(3,16)17)12-6-4-5-7-13(12)14-11(2)15/h4-7H,1,8-9H2,2-3H3,(H,14,15). The number of nitrogens with one attached hydrogen (secondary N) is 1. The van der Waals surface area contributed by atoms with E-state index in [1.807, 2.05) is 12.1 Å². The van der Waals surface area contributed by atoms with Gasteiger partial charge in [0.05, 0.1) is 12.9 Å². The quantitative estimate of drug-likeness (QED) is 0.811. The third-order valence-electron chi connectivity index (χ3n) is 2.32. The summed E-state index contributed by atoms with van der Waals surface area (Å²) in [6.07, 6.45) is 1.37. The SMILES string of the molecule is C=C(CCOS(C)(=O)=O)c1ccccc1NC(C)=O. The molecule has 0 fully saturated rings. The number of hydrogen-bond acceptors (Lipinski definition) is 4. The summed E-state index contributed by atoms with van der Waals surface area (Å²) in [6.45, 7) is 5.34. The maximum atomic E-state index is 11.1. The van der Waals surface area contributed by atoms with Crippen LogP contribution in [0.4, 0.5) is 5.69 Å². The Bertz CT molecular complexity index is 578. The van der Waals surface area contributed by atoms with Crippen molar-refractivity contribution in [1.29, 1.82) is 0 Å². The number of benzene rings is 1. The van der Waals surface area contributed by atoms with Crippen LogP contribution in [0, 0.1) is 0 Å². The Morgan fingerprint density at radius 3 is 2.58 bits per heavy atom. The van der Waals surface area contributed by atoms with Crippen LogP contribution in [-0.2, 0) is 19.1 Å². The average Bonchev–Trinajstić information content (AvgIpc) is 2.27. The molecule has 1 aromatic rings. The van der Waals surface area contributed by atoms with Crippen molar-refractivity contribution in [3.8, 4) is 0 Å². The summed E-state index contributed by atoms with van der Waals surface area (Å²) < 4.78 is 26.4. The number of amides is 1. The molecule has 0 aliphatic carbocycles. The highest BCUT2D eigenvalue weighted by Gasteiger charge is 2.08. The van der Waals surface area contributed by atoms with Gasteiger partial charge in [-0.05, 0) is 18.1 Å². The van der Waals surface area contributed by atoms with E-state index in [0.717, 1.165) is 11.8 Å². The first kappa shape index (κ1) is 15.4. The summed E-state index contributed by atoms with van der Waals surface area (Å²) >= 11 is 0. The Labute approximate surface area is 113 Å². The maximum Gasteiger partial charge on any atom is 0.264 e. The molecule has 1 N–H and O–H groups in total. The lowest BCUT2D eigenvalue weighted by molar-refractivity contribution is -0.114. The van der Waals surface area contributed by atoms with Crippen LogP contribution in [-0.4, -0.2) is 27.2 Å². The van der Waals surface area contributed by atoms with Gasteiger partial charge in [0.1, 0.15) is 0 Å². The van der Waals surface area contributed by atoms with Gasteiger partial charge in [-0.15, -0.1) is 0 Å². The Morgan fingerprint density at radius 1 is 1.37 bits per heavy atom. The monoisotopic (exact) mass is 283 g/mol. The molecule has 0 heterocycles. The first-order chi connectivity index (χ1) is 8.79. The first-order valence-electron chi connectivity index (χ1n) is 5.69. The fraction of sp³-hybridized carbons (Fsp3) is 0.308. The van der Waals surface area contributed by atoms with Crippen LogP contribution in [0.2, 0.25) is 0 Å². The van der Waals surface area contributed by atoms with Gasteiger partial charge in [0.25, 0.3) is 10.1 Å². The van der Waals surface area contributed by atoms with Crippen molar-refractivity contribution in [2.24, 2.45) is 0 Å². The zero-order valence-corrected chi connectivity index (χ0v) is 11.8. The van der Waals surface area contributed by atoms with Crippen LogP contribution in [0.5, 0.6) is 0 Å². The van der Waals surface area contributed by atoms with Crippen LogP contribution >= 0.6 is 0 Å². The molecule has 0 saturated heterocycles. The van der Waals surface area contributed by atoms with Gasteiger partial charge in [0.15, 0.2) is 0 Å². The predicted octanol–water partition coefficient (Wildman–Crippen LogP) is 2.02. The van der Waals surface area contributed by atoms with E-state index in [1.165, 1.54) is 6.92 Å². The molecule has 6 heteroatoms. The van der Waals surface area contributed by atoms with Crippen LogP contribution in [0.25, 0.3) is 5.57 Å². The third kappa shape index (κ3) is 5.67. The molecule has 1 aromatic carbocycles. The van der Waals surface area contributed by atoms with Gasteiger partial charge in [-0.25, -0.2) is 0 Å². The van der Waals surface area contributed by atoms with Crippen molar-refractivity contribution < 1.29 is 17.4 Å². The van der Waals surface area contributed by atoms with E-state index in [1.54, 1.807) is 12.1 Å². The van der Waals surface area contributed by atoms with E-state index < -0.39 is 10.1 Å². The second kappa shape index (κ2) is 6.49. The van der Waals surface area contributed by atoms with Crippen molar-refractivity contribution >= 4 is 27.3 Å². The molecule has 0 radical (unpaired) electrons. The molecule has 0 spiro atoms. The van der Waals surface area contributed by atoms with Crippen LogP contribution in [0.15, 0.2) is 30.8 Å². The van der Waals surface area contributed by atoms with Gasteiger partial charge in [0, 0.05) is 18.2 Å². The molecule has 0 atom stereocenters. The molecule has 1 rings (SSSR count). The van der Waals surface area contributed by atoms with Crippen molar-refractivity contribution in [3.05, 3.63) is 36.4 Å². The third-order valence-corrected chi connectivity index (χ3v) is 2.91. The van der Waals surface area contributed by atoms with Gasteiger partial charge < -0.3 is 5.32 Å². The van der Waals surface area contributed by atoms with Gasteiger partial charge in [-0.3, -0.25) is 8.98 Å². The Kier molecular flexibility index (Phi) is 5.26. The molecular formula is C13H17NO4S. The number of hydrogen-bond donors (Lipinski definition) is 1. The normalized spacial score (nSPS) is 11.1. The molecule has 0 unspecified atom stereocenters. The van der Waals surface area contributed by atoms with Crippen molar-refractivity contribution in [2.45, 2.75) is 13.3 Å². The minimum atomic E-state index is -3.44. The van der Waals surface area contributed by atoms with E-state index in [9.17, 15) is 13.2 Å². The highest BCUT2D eigenvalue weighted by Crippen LogP contribution is 2.24. The molecular weight excluding hydrogens is 266 g/mol. The smallest absolute Gasteiger partial charge is 0.264 e. The minimum Gasteiger partial charge on any atom is -0.326 e. The number of anilines is 1. The molecule has 5 nitrogen and oxygen atoms in total. The molecule has 1 amide bonds. The Hall–Kier alpha value is -1.66. The summed E-state index contributed by atoms with van der Waals surface area (Å²) in [6, 6.07) is 7.20. The van der Waals surface area contributed by atoms with E-state index in [-0.39, 0.29) is 12.5 Å². The van der Waals surface area contributed by atoms with Gasteiger partial charge in [-0.1, -0.05) is 24.8 Å². The van der Waals surface area contributed by atoms with Gasteiger partial charge in [0.2, 0.25) is 5.91 Å². The molecule has 0 aliphatic rings. The predicted molar refractivity (Wildman–Crippen MR) is 75.2 cm³/mol. The summed E-state index contributed by atoms with van der Waals surface area (Å²) in [5.74, 6) is -0.173. The summed E-state index contributed by atoms with van der Waals surface area (Å²) in [4.78, 5) is 11.1. The lowest BCUT2D eigenvalue weighted by Gasteiger charge is -2.12. The lowest BCUT2D eigenvalue weighted by Crippen LogP contribution is -2.08. The highest BCUT2D eigenvalue weighted by atomic mass is 32.2. The maximum absolute atomic E-state index is 11.1. The number of rotatable bonds is 6. The molecule has 0 saturated carbocycles. The largest absolute Gasteiger partial charge is 0.326 e. The number of para-hydroxylation sites is 1. The average molecular weight is 283 g/mol. The molecule has 0 aromatic heterocycles. The van der Waals surface area contributed by atoms with Gasteiger partial charge >= 0.3 is 0 Å².